The Morgan fingerprint density at radius 1 is 1.17 bits per heavy atom. The summed E-state index contributed by atoms with van der Waals surface area (Å²) in [6, 6.07) is 1.38. The first-order chi connectivity index (χ1) is 11.1. The van der Waals surface area contributed by atoms with Gasteiger partial charge in [0, 0.05) is 24.0 Å². The Morgan fingerprint density at radius 2 is 1.91 bits per heavy atom. The summed E-state index contributed by atoms with van der Waals surface area (Å²) in [4.78, 5) is 9.99. The van der Waals surface area contributed by atoms with Crippen LogP contribution in [0.25, 0.3) is 0 Å². The Labute approximate surface area is 147 Å². The third-order valence-electron chi connectivity index (χ3n) is 5.07. The van der Waals surface area contributed by atoms with E-state index in [9.17, 15) is 0 Å². The molecule has 2 aliphatic rings. The van der Waals surface area contributed by atoms with Crippen molar-refractivity contribution in [1.82, 2.24) is 9.80 Å². The van der Waals surface area contributed by atoms with Gasteiger partial charge in [0.1, 0.15) is 0 Å². The van der Waals surface area contributed by atoms with E-state index in [1.807, 2.05) is 11.8 Å². The van der Waals surface area contributed by atoms with E-state index < -0.39 is 0 Å². The van der Waals surface area contributed by atoms with Crippen LogP contribution in [-0.2, 0) is 0 Å². The highest BCUT2D eigenvalue weighted by Crippen LogP contribution is 2.27. The molecule has 4 heteroatoms. The quantitative estimate of drug-likeness (QED) is 0.575. The van der Waals surface area contributed by atoms with Crippen LogP contribution in [0.2, 0.25) is 0 Å². The second-order valence-electron chi connectivity index (χ2n) is 7.14. The van der Waals surface area contributed by atoms with Gasteiger partial charge in [-0.25, -0.2) is 0 Å². The normalized spacial score (nSPS) is 29.0. The third-order valence-corrected chi connectivity index (χ3v) is 6.27. The molecule has 2 aliphatic heterocycles. The molecule has 2 rings (SSSR count). The van der Waals surface area contributed by atoms with E-state index in [0.717, 1.165) is 12.4 Å². The third kappa shape index (κ3) is 5.82. The summed E-state index contributed by atoms with van der Waals surface area (Å²) < 4.78 is 0. The molecule has 0 radical (unpaired) electrons. The number of allylic oxidation sites excluding steroid dienone is 1. The van der Waals surface area contributed by atoms with Crippen molar-refractivity contribution in [3.63, 3.8) is 0 Å². The summed E-state index contributed by atoms with van der Waals surface area (Å²) in [7, 11) is 0. The highest BCUT2D eigenvalue weighted by atomic mass is 32.2. The molecule has 1 fully saturated rings. The van der Waals surface area contributed by atoms with E-state index in [1.165, 1.54) is 50.7 Å². The number of hydrogen-bond acceptors (Lipinski definition) is 4. The molecule has 3 nitrogen and oxygen atoms in total. The Kier molecular flexibility index (Phi) is 7.97. The summed E-state index contributed by atoms with van der Waals surface area (Å²) in [6.45, 7) is 10.2. The molecule has 3 atom stereocenters. The first-order valence-electron chi connectivity index (χ1n) is 9.47. The predicted molar refractivity (Wildman–Crippen MR) is 104 cm³/mol. The minimum atomic E-state index is 0.267. The van der Waals surface area contributed by atoms with E-state index in [-0.39, 0.29) is 5.50 Å². The maximum absolute atomic E-state index is 4.89. The van der Waals surface area contributed by atoms with Crippen LogP contribution in [0.1, 0.15) is 72.6 Å². The zero-order valence-electron chi connectivity index (χ0n) is 15.5. The van der Waals surface area contributed by atoms with Crippen LogP contribution in [0.15, 0.2) is 17.3 Å². The fraction of sp³-hybridized carbons (Fsp3) is 0.842. The van der Waals surface area contributed by atoms with Crippen LogP contribution in [0.5, 0.6) is 0 Å². The van der Waals surface area contributed by atoms with Gasteiger partial charge in [-0.3, -0.25) is 9.89 Å². The molecule has 0 aromatic rings. The number of aliphatic imine (C=N–C) groups is 1. The minimum absolute atomic E-state index is 0.267. The fourth-order valence-corrected chi connectivity index (χ4v) is 4.63. The molecule has 1 saturated heterocycles. The molecule has 0 aromatic heterocycles. The van der Waals surface area contributed by atoms with Crippen molar-refractivity contribution < 1.29 is 0 Å². The Hall–Kier alpha value is -0.480. The number of rotatable bonds is 8. The molecule has 1 unspecified atom stereocenters. The highest BCUT2D eigenvalue weighted by Gasteiger charge is 2.28. The fourth-order valence-electron chi connectivity index (χ4n) is 3.48. The average Bonchev–Trinajstić information content (AvgIpc) is 2.52. The van der Waals surface area contributed by atoms with Gasteiger partial charge in [-0.1, -0.05) is 32.6 Å². The lowest BCUT2D eigenvalue weighted by Gasteiger charge is -2.43. The first-order valence-corrected chi connectivity index (χ1v) is 10.5. The molecule has 0 spiro atoms. The molecule has 2 heterocycles. The van der Waals surface area contributed by atoms with E-state index in [0.29, 0.717) is 12.1 Å². The van der Waals surface area contributed by atoms with Gasteiger partial charge in [0.2, 0.25) is 0 Å². The van der Waals surface area contributed by atoms with Gasteiger partial charge in [0.15, 0.2) is 5.50 Å². The molecule has 0 aliphatic carbocycles. The molecule has 0 aromatic carbocycles. The summed E-state index contributed by atoms with van der Waals surface area (Å²) in [5, 5.41) is 0. The van der Waals surface area contributed by atoms with E-state index in [4.69, 9.17) is 4.99 Å². The molecule has 0 N–H and O–H groups in total. The Morgan fingerprint density at radius 3 is 2.61 bits per heavy atom. The molecule has 23 heavy (non-hydrogen) atoms. The largest absolute Gasteiger partial charge is 0.335 e. The summed E-state index contributed by atoms with van der Waals surface area (Å²) in [5.74, 6) is 1.22. The maximum Gasteiger partial charge on any atom is 0.169 e. The molecular weight excluding hydrogens is 302 g/mol. The Balaban J connectivity index is 1.88. The van der Waals surface area contributed by atoms with Crippen LogP contribution < -0.4 is 0 Å². The topological polar surface area (TPSA) is 18.8 Å². The first kappa shape index (κ1) is 18.9. The molecular formula is C19H35N3S. The maximum atomic E-state index is 4.89. The molecule has 0 saturated carbocycles. The van der Waals surface area contributed by atoms with Crippen molar-refractivity contribution in [2.75, 3.05) is 12.4 Å². The summed E-state index contributed by atoms with van der Waals surface area (Å²) in [5.41, 5.74) is 1.43. The van der Waals surface area contributed by atoms with Gasteiger partial charge in [-0.15, -0.1) is 11.8 Å². The monoisotopic (exact) mass is 337 g/mol. The number of piperidine rings is 1. The second kappa shape index (κ2) is 9.73. The van der Waals surface area contributed by atoms with Gasteiger partial charge in [-0.05, 0) is 51.9 Å². The van der Waals surface area contributed by atoms with Crippen molar-refractivity contribution in [2.24, 2.45) is 4.99 Å². The standard InChI is InChI=1S/C19H35N3S/c1-5-6-7-8-14-23-19-20-16(2)12-13-21(19)15-22-17(3)10-9-11-18(22)4/h12-13,17-19H,5-11,14-15H2,1-4H3/t17-,18+,19?. The van der Waals surface area contributed by atoms with Crippen LogP contribution >= 0.6 is 11.8 Å². The lowest BCUT2D eigenvalue weighted by Crippen LogP contribution is -2.50. The second-order valence-corrected chi connectivity index (χ2v) is 8.31. The zero-order valence-corrected chi connectivity index (χ0v) is 16.3. The van der Waals surface area contributed by atoms with Crippen molar-refractivity contribution in [2.45, 2.75) is 90.2 Å². The van der Waals surface area contributed by atoms with Gasteiger partial charge >= 0.3 is 0 Å². The van der Waals surface area contributed by atoms with E-state index in [2.05, 4.69) is 49.8 Å². The van der Waals surface area contributed by atoms with E-state index in [1.54, 1.807) is 0 Å². The number of thioether (sulfide) groups is 1. The smallest absolute Gasteiger partial charge is 0.169 e. The van der Waals surface area contributed by atoms with Gasteiger partial charge in [0.05, 0.1) is 6.67 Å². The van der Waals surface area contributed by atoms with Crippen molar-refractivity contribution in [3.8, 4) is 0 Å². The minimum Gasteiger partial charge on any atom is -0.335 e. The van der Waals surface area contributed by atoms with Crippen LogP contribution in [-0.4, -0.2) is 45.5 Å². The van der Waals surface area contributed by atoms with E-state index >= 15 is 0 Å². The van der Waals surface area contributed by atoms with Crippen LogP contribution in [0.3, 0.4) is 0 Å². The predicted octanol–water partition coefficient (Wildman–Crippen LogP) is 5.09. The number of nitrogens with zero attached hydrogens (tertiary/aromatic N) is 3. The Bertz CT molecular complexity index is 397. The van der Waals surface area contributed by atoms with Gasteiger partial charge in [0.25, 0.3) is 0 Å². The van der Waals surface area contributed by atoms with Crippen molar-refractivity contribution in [1.29, 1.82) is 0 Å². The number of likely N-dealkylation sites (tertiary alicyclic amines) is 1. The molecule has 0 amide bonds. The lowest BCUT2D eigenvalue weighted by atomic mass is 9.98. The average molecular weight is 338 g/mol. The lowest BCUT2D eigenvalue weighted by molar-refractivity contribution is 0.0516. The summed E-state index contributed by atoms with van der Waals surface area (Å²) >= 11 is 2.01. The van der Waals surface area contributed by atoms with Crippen LogP contribution in [0, 0.1) is 0 Å². The van der Waals surface area contributed by atoms with Gasteiger partial charge < -0.3 is 4.90 Å². The SMILES string of the molecule is CCCCCCSC1N=C(C)C=CN1CN1[C@H](C)CCC[C@@H]1C. The van der Waals surface area contributed by atoms with Crippen LogP contribution in [0.4, 0.5) is 0 Å². The van der Waals surface area contributed by atoms with Crippen molar-refractivity contribution in [3.05, 3.63) is 12.3 Å². The van der Waals surface area contributed by atoms with Crippen molar-refractivity contribution >= 4 is 17.5 Å². The number of hydrogen-bond donors (Lipinski definition) is 0. The molecule has 132 valence electrons. The van der Waals surface area contributed by atoms with Gasteiger partial charge in [-0.2, -0.15) is 0 Å². The molecule has 0 bridgehead atoms. The highest BCUT2D eigenvalue weighted by molar-refractivity contribution is 7.99. The summed E-state index contributed by atoms with van der Waals surface area (Å²) in [6.07, 6.45) is 13.8. The zero-order chi connectivity index (χ0) is 16.7. The number of unbranched alkanes of at least 4 members (excludes halogenated alkanes) is 3.